The fraction of sp³-hybridized carbons (Fsp3) is 0.731. The number of hydrogen-bond acceptors (Lipinski definition) is 16. The van der Waals surface area contributed by atoms with Crippen LogP contribution in [0.5, 0.6) is 0 Å². The number of rotatable bonds is 10. The maximum absolute atomic E-state index is 13.1. The van der Waals surface area contributed by atoms with Gasteiger partial charge in [0, 0.05) is 0 Å². The zero-order valence-corrected chi connectivity index (χ0v) is 23.1. The Morgan fingerprint density at radius 2 is 1.28 bits per heavy atom. The predicted molar refractivity (Wildman–Crippen MR) is 141 cm³/mol. The first kappa shape index (κ1) is 34.0. The first-order chi connectivity index (χ1) is 20.5. The second-order valence-corrected chi connectivity index (χ2v) is 10.8. The first-order valence-corrected chi connectivity index (χ1v) is 13.8. The van der Waals surface area contributed by atoms with Gasteiger partial charge in [0.2, 0.25) is 5.91 Å². The molecule has 3 aliphatic heterocycles. The van der Waals surface area contributed by atoms with Crippen molar-refractivity contribution in [2.45, 2.75) is 98.4 Å². The van der Waals surface area contributed by atoms with Gasteiger partial charge in [0.25, 0.3) is 0 Å². The van der Waals surface area contributed by atoms with E-state index < -0.39 is 118 Å². The van der Waals surface area contributed by atoms with Gasteiger partial charge in [-0.25, -0.2) is 0 Å². The summed E-state index contributed by atoms with van der Waals surface area (Å²) in [6.07, 6.45) is -18.1. The van der Waals surface area contributed by atoms with Crippen LogP contribution in [0.2, 0.25) is 0 Å². The van der Waals surface area contributed by atoms with Gasteiger partial charge in [-0.3, -0.25) is 4.79 Å². The molecule has 17 heteroatoms. The third kappa shape index (κ3) is 7.50. The van der Waals surface area contributed by atoms with Crippen molar-refractivity contribution in [1.82, 2.24) is 5.32 Å². The van der Waals surface area contributed by atoms with Crippen molar-refractivity contribution in [2.24, 2.45) is 11.5 Å². The molecule has 4 rings (SSSR count). The molecule has 0 aromatic heterocycles. The molecule has 0 aliphatic carbocycles. The van der Waals surface area contributed by atoms with E-state index in [9.17, 15) is 45.6 Å². The molecule has 17 nitrogen and oxygen atoms in total. The van der Waals surface area contributed by atoms with Gasteiger partial charge in [-0.05, 0) is 5.56 Å². The lowest BCUT2D eigenvalue weighted by atomic mass is 9.94. The highest BCUT2D eigenvalue weighted by molar-refractivity contribution is 5.79. The predicted octanol–water partition coefficient (Wildman–Crippen LogP) is -6.27. The summed E-state index contributed by atoms with van der Waals surface area (Å²) >= 11 is 0. The molecule has 1 aromatic rings. The van der Waals surface area contributed by atoms with Gasteiger partial charge in [-0.1, -0.05) is 30.3 Å². The monoisotopic (exact) mass is 619 g/mol. The smallest absolute Gasteiger partial charge is 0.224 e. The Morgan fingerprint density at radius 3 is 1.91 bits per heavy atom. The van der Waals surface area contributed by atoms with E-state index in [1.807, 2.05) is 0 Å². The van der Waals surface area contributed by atoms with E-state index in [2.05, 4.69) is 5.32 Å². The minimum atomic E-state index is -1.71. The lowest BCUT2D eigenvalue weighted by Crippen LogP contribution is -2.70. The van der Waals surface area contributed by atoms with E-state index in [-0.39, 0.29) is 6.42 Å². The molecule has 0 saturated carbocycles. The van der Waals surface area contributed by atoms with Crippen molar-refractivity contribution >= 4 is 5.91 Å². The Kier molecular flexibility index (Phi) is 11.8. The minimum Gasteiger partial charge on any atom is -0.394 e. The van der Waals surface area contributed by atoms with Crippen LogP contribution in [0.25, 0.3) is 0 Å². The molecule has 3 aliphatic rings. The van der Waals surface area contributed by atoms with Crippen LogP contribution in [0, 0.1) is 0 Å². The lowest BCUT2D eigenvalue weighted by Gasteiger charge is -2.49. The molecule has 1 amide bonds. The molecule has 3 heterocycles. The Morgan fingerprint density at radius 1 is 0.721 bits per heavy atom. The third-order valence-corrected chi connectivity index (χ3v) is 7.82. The number of carbonyl (C=O) groups excluding carboxylic acids is 1. The number of nitrogens with one attached hydrogen (secondary N) is 1. The minimum absolute atomic E-state index is 0.115. The number of benzene rings is 1. The van der Waals surface area contributed by atoms with Gasteiger partial charge in [-0.2, -0.15) is 0 Å². The van der Waals surface area contributed by atoms with Crippen LogP contribution in [0.3, 0.4) is 0 Å². The number of aliphatic hydroxyl groups excluding tert-OH is 8. The van der Waals surface area contributed by atoms with Gasteiger partial charge in [-0.15, -0.1) is 0 Å². The first-order valence-electron chi connectivity index (χ1n) is 13.8. The Hall–Kier alpha value is -1.91. The van der Waals surface area contributed by atoms with Crippen LogP contribution in [-0.2, 0) is 34.9 Å². The summed E-state index contributed by atoms with van der Waals surface area (Å²) in [5.41, 5.74) is 12.4. The SMILES string of the molecule is N[C@H]1[C@H](OC2[C@@H](CO)O[C@@H](OC3[C@@H](CO)O[C@@H](O)[C@H](N)[C@H]3O)[C@H](NC(=O)Cc3ccccc3)[C@H]2O)O[C@H](CO)[C@@H](O)[C@@H]1O. The number of carbonyl (C=O) groups is 1. The van der Waals surface area contributed by atoms with Crippen molar-refractivity contribution in [3.8, 4) is 0 Å². The van der Waals surface area contributed by atoms with Crippen molar-refractivity contribution < 1.29 is 69.3 Å². The van der Waals surface area contributed by atoms with Crippen LogP contribution in [0.1, 0.15) is 5.56 Å². The number of aliphatic hydroxyl groups is 8. The van der Waals surface area contributed by atoms with E-state index in [1.54, 1.807) is 30.3 Å². The second-order valence-electron chi connectivity index (χ2n) is 10.8. The van der Waals surface area contributed by atoms with Gasteiger partial charge < -0.3 is 81.3 Å². The number of nitrogens with two attached hydrogens (primary N) is 2. The largest absolute Gasteiger partial charge is 0.394 e. The molecule has 1 aromatic carbocycles. The summed E-state index contributed by atoms with van der Waals surface area (Å²) in [6.45, 7) is -2.17. The quantitative estimate of drug-likeness (QED) is 0.116. The van der Waals surface area contributed by atoms with Crippen molar-refractivity contribution in [3.63, 3.8) is 0 Å². The van der Waals surface area contributed by atoms with Gasteiger partial charge in [0.05, 0.1) is 38.3 Å². The molecule has 3 saturated heterocycles. The summed E-state index contributed by atoms with van der Waals surface area (Å²) < 4.78 is 28.4. The Bertz CT molecular complexity index is 1020. The topological polar surface area (TPSA) is 289 Å². The number of ether oxygens (including phenoxy) is 5. The molecule has 43 heavy (non-hydrogen) atoms. The summed E-state index contributed by atoms with van der Waals surface area (Å²) in [7, 11) is 0. The van der Waals surface area contributed by atoms with Crippen molar-refractivity contribution in [3.05, 3.63) is 35.9 Å². The summed E-state index contributed by atoms with van der Waals surface area (Å²) in [4.78, 5) is 13.1. The molecule has 15 atom stereocenters. The van der Waals surface area contributed by atoms with Crippen LogP contribution in [0.15, 0.2) is 30.3 Å². The Balaban J connectivity index is 1.59. The molecular formula is C26H41N3O14. The summed E-state index contributed by atoms with van der Waals surface area (Å²) in [5, 5.41) is 84.7. The average molecular weight is 620 g/mol. The molecule has 0 bridgehead atoms. The molecule has 0 radical (unpaired) electrons. The van der Waals surface area contributed by atoms with Gasteiger partial charge in [0.15, 0.2) is 18.9 Å². The third-order valence-electron chi connectivity index (χ3n) is 7.82. The van der Waals surface area contributed by atoms with E-state index in [4.69, 9.17) is 35.2 Å². The van der Waals surface area contributed by atoms with Crippen LogP contribution >= 0.6 is 0 Å². The maximum Gasteiger partial charge on any atom is 0.224 e. The standard InChI is InChI=1S/C26H41N3O14/c27-15-20(36)22(12(8-31)39-24(15)38)43-26-17(29-14(33)6-10-4-2-1-3-5-10)21(37)23(13(9-32)41-26)42-25-16(28)19(35)18(34)11(7-30)40-25/h1-5,11-13,15-26,30-32,34-38H,6-9,27-28H2,(H,29,33)/t11-,12-,13-,15-,16-,17-,18-,19-,20-,21-,22?,23?,24-,25+,26+/m1/s1. The molecule has 244 valence electrons. The van der Waals surface area contributed by atoms with Crippen molar-refractivity contribution in [1.29, 1.82) is 0 Å². The van der Waals surface area contributed by atoms with Crippen LogP contribution in [0.4, 0.5) is 0 Å². The van der Waals surface area contributed by atoms with E-state index in [0.29, 0.717) is 5.56 Å². The highest BCUT2D eigenvalue weighted by Gasteiger charge is 2.53. The van der Waals surface area contributed by atoms with Crippen molar-refractivity contribution in [2.75, 3.05) is 19.8 Å². The highest BCUT2D eigenvalue weighted by atomic mass is 16.7. The van der Waals surface area contributed by atoms with E-state index >= 15 is 0 Å². The van der Waals surface area contributed by atoms with Crippen LogP contribution < -0.4 is 16.8 Å². The summed E-state index contributed by atoms with van der Waals surface area (Å²) in [6, 6.07) is 4.53. The Labute approximate surface area is 246 Å². The second kappa shape index (κ2) is 14.9. The number of hydrogen-bond donors (Lipinski definition) is 11. The molecule has 3 fully saturated rings. The lowest BCUT2D eigenvalue weighted by molar-refractivity contribution is -0.350. The summed E-state index contributed by atoms with van der Waals surface area (Å²) in [5.74, 6) is -0.579. The average Bonchev–Trinajstić information content (AvgIpc) is 3.00. The molecule has 13 N–H and O–H groups in total. The van der Waals surface area contributed by atoms with E-state index in [1.165, 1.54) is 0 Å². The maximum atomic E-state index is 13.1. The van der Waals surface area contributed by atoms with Crippen LogP contribution in [-0.4, -0.2) is 159 Å². The van der Waals surface area contributed by atoms with Gasteiger partial charge in [0.1, 0.15) is 61.0 Å². The zero-order chi connectivity index (χ0) is 31.4. The fourth-order valence-corrected chi connectivity index (χ4v) is 5.33. The molecule has 2 unspecified atom stereocenters. The molecule has 0 spiro atoms. The molecular weight excluding hydrogens is 578 g/mol. The fourth-order valence-electron chi connectivity index (χ4n) is 5.33. The zero-order valence-electron chi connectivity index (χ0n) is 23.1. The highest BCUT2D eigenvalue weighted by Crippen LogP contribution is 2.32. The normalized spacial score (nSPS) is 43.7. The van der Waals surface area contributed by atoms with Gasteiger partial charge >= 0.3 is 0 Å². The number of amides is 1. The van der Waals surface area contributed by atoms with E-state index in [0.717, 1.165) is 0 Å².